The van der Waals surface area contributed by atoms with Gasteiger partial charge in [0.25, 0.3) is 5.92 Å². The van der Waals surface area contributed by atoms with E-state index < -0.39 is 11.5 Å². The fourth-order valence-corrected chi connectivity index (χ4v) is 1.17. The van der Waals surface area contributed by atoms with Crippen molar-refractivity contribution in [1.29, 1.82) is 0 Å². The molecule has 0 saturated heterocycles. The van der Waals surface area contributed by atoms with Crippen molar-refractivity contribution in [2.75, 3.05) is 0 Å². The molecule has 0 amide bonds. The first kappa shape index (κ1) is 7.66. The van der Waals surface area contributed by atoms with Crippen molar-refractivity contribution in [3.8, 4) is 0 Å². The quantitative estimate of drug-likeness (QED) is 0.561. The molecular formula is C7H11F2N. The van der Waals surface area contributed by atoms with Crippen molar-refractivity contribution in [3.63, 3.8) is 0 Å². The average molecular weight is 147 g/mol. The third kappa shape index (κ3) is 1.06. The molecule has 0 radical (unpaired) electrons. The summed E-state index contributed by atoms with van der Waals surface area (Å²) in [5, 5.41) is 0. The summed E-state index contributed by atoms with van der Waals surface area (Å²) in [6.07, 6.45) is -0.481. The Morgan fingerprint density at radius 3 is 2.00 bits per heavy atom. The Bertz CT molecular complexity index is 166. The largest absolute Gasteiger partial charge is 0.321 e. The van der Waals surface area contributed by atoms with E-state index in [2.05, 4.69) is 6.58 Å². The van der Waals surface area contributed by atoms with E-state index in [0.717, 1.165) is 0 Å². The normalized spacial score (nSPS) is 27.2. The molecule has 0 aliphatic heterocycles. The summed E-state index contributed by atoms with van der Waals surface area (Å²) < 4.78 is 24.5. The van der Waals surface area contributed by atoms with Crippen LogP contribution in [0.5, 0.6) is 0 Å². The summed E-state index contributed by atoms with van der Waals surface area (Å²) in [6.45, 7) is 5.25. The molecule has 0 unspecified atom stereocenters. The molecule has 3 heteroatoms. The van der Waals surface area contributed by atoms with Gasteiger partial charge in [0.1, 0.15) is 0 Å². The van der Waals surface area contributed by atoms with Gasteiger partial charge in [0.2, 0.25) is 0 Å². The number of nitrogens with two attached hydrogens (primary N) is 1. The lowest BCUT2D eigenvalue weighted by molar-refractivity contribution is -0.110. The van der Waals surface area contributed by atoms with Crippen LogP contribution < -0.4 is 5.73 Å². The molecule has 10 heavy (non-hydrogen) atoms. The predicted molar refractivity (Wildman–Crippen MR) is 35.9 cm³/mol. The van der Waals surface area contributed by atoms with Crippen LogP contribution in [0.15, 0.2) is 12.2 Å². The maximum absolute atomic E-state index is 12.3. The van der Waals surface area contributed by atoms with Crippen molar-refractivity contribution < 1.29 is 8.78 Å². The molecule has 58 valence electrons. The molecule has 1 saturated carbocycles. The van der Waals surface area contributed by atoms with E-state index in [1.165, 1.54) is 0 Å². The Hall–Kier alpha value is -0.440. The van der Waals surface area contributed by atoms with Gasteiger partial charge in [0, 0.05) is 18.4 Å². The standard InChI is InChI=1S/C7H11F2N/c1-5(2)6(10)3-7(8,9)4-6/h1,3-4,10H2,2H3. The number of rotatable bonds is 1. The molecule has 0 aromatic rings. The molecule has 1 nitrogen and oxygen atoms in total. The third-order valence-corrected chi connectivity index (χ3v) is 2.00. The van der Waals surface area contributed by atoms with Gasteiger partial charge < -0.3 is 5.73 Å². The monoisotopic (exact) mass is 147 g/mol. The highest BCUT2D eigenvalue weighted by atomic mass is 19.3. The Balaban J connectivity index is 2.58. The molecule has 0 aromatic heterocycles. The van der Waals surface area contributed by atoms with Crippen LogP contribution in [0.3, 0.4) is 0 Å². The number of alkyl halides is 2. The summed E-state index contributed by atoms with van der Waals surface area (Å²) in [7, 11) is 0. The van der Waals surface area contributed by atoms with E-state index in [9.17, 15) is 8.78 Å². The van der Waals surface area contributed by atoms with Crippen molar-refractivity contribution in [3.05, 3.63) is 12.2 Å². The molecule has 1 fully saturated rings. The van der Waals surface area contributed by atoms with Gasteiger partial charge >= 0.3 is 0 Å². The highest BCUT2D eigenvalue weighted by Crippen LogP contribution is 2.46. The van der Waals surface area contributed by atoms with Crippen LogP contribution in [0.25, 0.3) is 0 Å². The Morgan fingerprint density at radius 2 is 1.90 bits per heavy atom. The van der Waals surface area contributed by atoms with Crippen LogP contribution in [-0.4, -0.2) is 11.5 Å². The van der Waals surface area contributed by atoms with Gasteiger partial charge in [-0.2, -0.15) is 0 Å². The zero-order chi connectivity index (χ0) is 7.99. The molecule has 0 bridgehead atoms. The first-order valence-corrected chi connectivity index (χ1v) is 3.18. The summed E-state index contributed by atoms with van der Waals surface area (Å²) >= 11 is 0. The fourth-order valence-electron chi connectivity index (χ4n) is 1.17. The first-order valence-electron chi connectivity index (χ1n) is 3.18. The van der Waals surface area contributed by atoms with E-state index in [0.29, 0.717) is 5.57 Å². The van der Waals surface area contributed by atoms with Crippen molar-refractivity contribution in [1.82, 2.24) is 0 Å². The van der Waals surface area contributed by atoms with Crippen LogP contribution in [0.1, 0.15) is 19.8 Å². The highest BCUT2D eigenvalue weighted by molar-refractivity contribution is 5.22. The second-order valence-electron chi connectivity index (χ2n) is 3.15. The lowest BCUT2D eigenvalue weighted by Gasteiger charge is -2.45. The van der Waals surface area contributed by atoms with Crippen LogP contribution in [0, 0.1) is 0 Å². The summed E-state index contributed by atoms with van der Waals surface area (Å²) in [4.78, 5) is 0. The van der Waals surface area contributed by atoms with Crippen molar-refractivity contribution >= 4 is 0 Å². The van der Waals surface area contributed by atoms with Crippen LogP contribution >= 0.6 is 0 Å². The average Bonchev–Trinajstić information content (AvgIpc) is 1.59. The van der Waals surface area contributed by atoms with Crippen LogP contribution in [-0.2, 0) is 0 Å². The number of halogens is 2. The molecule has 1 aliphatic carbocycles. The summed E-state index contributed by atoms with van der Waals surface area (Å²) in [6, 6.07) is 0. The molecule has 0 aromatic carbocycles. The SMILES string of the molecule is C=C(C)C1(N)CC(F)(F)C1. The van der Waals surface area contributed by atoms with Gasteiger partial charge in [-0.3, -0.25) is 0 Å². The second-order valence-corrected chi connectivity index (χ2v) is 3.15. The maximum atomic E-state index is 12.3. The van der Waals surface area contributed by atoms with E-state index in [4.69, 9.17) is 5.73 Å². The Morgan fingerprint density at radius 1 is 1.50 bits per heavy atom. The minimum Gasteiger partial charge on any atom is -0.321 e. The number of hydrogen-bond acceptors (Lipinski definition) is 1. The molecule has 0 spiro atoms. The topological polar surface area (TPSA) is 26.0 Å². The molecule has 2 N–H and O–H groups in total. The van der Waals surface area contributed by atoms with Crippen LogP contribution in [0.2, 0.25) is 0 Å². The third-order valence-electron chi connectivity index (χ3n) is 2.00. The van der Waals surface area contributed by atoms with E-state index >= 15 is 0 Å². The molecule has 0 atom stereocenters. The molecular weight excluding hydrogens is 136 g/mol. The van der Waals surface area contributed by atoms with E-state index in [-0.39, 0.29) is 12.8 Å². The maximum Gasteiger partial charge on any atom is 0.252 e. The van der Waals surface area contributed by atoms with Gasteiger partial charge in [-0.15, -0.1) is 0 Å². The molecule has 1 aliphatic rings. The zero-order valence-corrected chi connectivity index (χ0v) is 5.95. The van der Waals surface area contributed by atoms with Gasteiger partial charge in [-0.1, -0.05) is 12.2 Å². The fraction of sp³-hybridized carbons (Fsp3) is 0.714. The van der Waals surface area contributed by atoms with Crippen molar-refractivity contribution in [2.24, 2.45) is 5.73 Å². The van der Waals surface area contributed by atoms with Gasteiger partial charge in [0.15, 0.2) is 0 Å². The Kier molecular flexibility index (Phi) is 1.37. The summed E-state index contributed by atoms with van der Waals surface area (Å²) in [5.41, 5.74) is 5.40. The molecule has 1 rings (SSSR count). The minimum absolute atomic E-state index is 0.241. The Labute approximate surface area is 58.9 Å². The highest BCUT2D eigenvalue weighted by Gasteiger charge is 2.54. The van der Waals surface area contributed by atoms with Crippen molar-refractivity contribution in [2.45, 2.75) is 31.2 Å². The zero-order valence-electron chi connectivity index (χ0n) is 5.95. The van der Waals surface area contributed by atoms with Gasteiger partial charge in [0.05, 0.1) is 0 Å². The van der Waals surface area contributed by atoms with Gasteiger partial charge in [-0.25, -0.2) is 8.78 Å². The lowest BCUT2D eigenvalue weighted by Crippen LogP contribution is -2.58. The smallest absolute Gasteiger partial charge is 0.252 e. The summed E-state index contributed by atoms with van der Waals surface area (Å²) in [5.74, 6) is -2.55. The minimum atomic E-state index is -2.55. The van der Waals surface area contributed by atoms with Gasteiger partial charge in [-0.05, 0) is 6.92 Å². The predicted octanol–water partition coefficient (Wildman–Crippen LogP) is 1.69. The second kappa shape index (κ2) is 1.78. The van der Waals surface area contributed by atoms with E-state index in [1.807, 2.05) is 0 Å². The van der Waals surface area contributed by atoms with Crippen LogP contribution in [0.4, 0.5) is 8.78 Å². The van der Waals surface area contributed by atoms with E-state index in [1.54, 1.807) is 6.92 Å². The molecule has 0 heterocycles. The first-order chi connectivity index (χ1) is 4.36. The number of hydrogen-bond donors (Lipinski definition) is 1. The lowest BCUT2D eigenvalue weighted by atomic mass is 9.70.